The molecule has 5 nitrogen and oxygen atoms in total. The number of aliphatic hydroxyl groups is 1. The minimum absolute atomic E-state index is 0.0708. The van der Waals surface area contributed by atoms with Gasteiger partial charge in [-0.2, -0.15) is 0 Å². The summed E-state index contributed by atoms with van der Waals surface area (Å²) >= 11 is 0. The van der Waals surface area contributed by atoms with E-state index in [1.54, 1.807) is 37.3 Å². The number of hydrogen-bond donors (Lipinski definition) is 2. The van der Waals surface area contributed by atoms with Crippen LogP contribution in [0.25, 0.3) is 33.4 Å². The second-order valence-corrected chi connectivity index (χ2v) is 9.36. The number of fused-ring (bicyclic) bond motifs is 1. The van der Waals surface area contributed by atoms with E-state index in [-0.39, 0.29) is 30.2 Å². The first kappa shape index (κ1) is 25.3. The van der Waals surface area contributed by atoms with Crippen molar-refractivity contribution in [2.45, 2.75) is 39.7 Å². The van der Waals surface area contributed by atoms with E-state index in [1.807, 2.05) is 38.1 Å². The first-order valence-corrected chi connectivity index (χ1v) is 12.2. The largest absolute Gasteiger partial charge is 0.455 e. The quantitative estimate of drug-likeness (QED) is 0.260. The van der Waals surface area contributed by atoms with Crippen LogP contribution in [-0.4, -0.2) is 29.4 Å². The number of carbonyl (C=O) groups is 2. The average molecular weight is 488 g/mol. The molecular formula is C30H30FNO4. The van der Waals surface area contributed by atoms with E-state index >= 15 is 0 Å². The van der Waals surface area contributed by atoms with Crippen molar-refractivity contribution in [1.29, 1.82) is 0 Å². The molecule has 0 radical (unpaired) electrons. The Labute approximate surface area is 210 Å². The molecule has 186 valence electrons. The van der Waals surface area contributed by atoms with Crippen molar-refractivity contribution in [1.82, 2.24) is 5.32 Å². The zero-order valence-electron chi connectivity index (χ0n) is 20.7. The molecule has 1 atom stereocenters. The molecule has 1 aromatic heterocycles. The van der Waals surface area contributed by atoms with Crippen LogP contribution in [-0.2, 0) is 0 Å². The van der Waals surface area contributed by atoms with Gasteiger partial charge in [-0.05, 0) is 72.0 Å². The second-order valence-electron chi connectivity index (χ2n) is 9.36. The van der Waals surface area contributed by atoms with E-state index < -0.39 is 0 Å². The Morgan fingerprint density at radius 1 is 0.972 bits per heavy atom. The van der Waals surface area contributed by atoms with E-state index in [4.69, 9.17) is 4.42 Å². The molecule has 0 fully saturated rings. The summed E-state index contributed by atoms with van der Waals surface area (Å²) in [5, 5.41) is 13.2. The van der Waals surface area contributed by atoms with Crippen LogP contribution in [0.15, 0.2) is 71.1 Å². The number of carbonyl (C=O) groups excluding carboxylic acids is 2. The summed E-state index contributed by atoms with van der Waals surface area (Å²) in [7, 11) is 0. The number of aliphatic hydroxyl groups excluding tert-OH is 1. The van der Waals surface area contributed by atoms with Crippen molar-refractivity contribution < 1.29 is 23.5 Å². The summed E-state index contributed by atoms with van der Waals surface area (Å²) < 4.78 is 19.5. The fraction of sp³-hybridized carbons (Fsp3) is 0.267. The number of halogens is 1. The van der Waals surface area contributed by atoms with E-state index in [0.29, 0.717) is 52.2 Å². The first-order chi connectivity index (χ1) is 17.3. The summed E-state index contributed by atoms with van der Waals surface area (Å²) in [6.07, 6.45) is 0.981. The molecule has 0 saturated heterocycles. The zero-order chi connectivity index (χ0) is 25.8. The van der Waals surface area contributed by atoms with Crippen molar-refractivity contribution >= 4 is 22.7 Å². The maximum Gasteiger partial charge on any atom is 0.251 e. The van der Waals surface area contributed by atoms with E-state index in [9.17, 15) is 19.1 Å². The lowest BCUT2D eigenvalue weighted by Crippen LogP contribution is -2.38. The molecule has 1 amide bonds. The van der Waals surface area contributed by atoms with Crippen LogP contribution < -0.4 is 5.32 Å². The van der Waals surface area contributed by atoms with Crippen LogP contribution in [0, 0.1) is 11.7 Å². The molecule has 2 N–H and O–H groups in total. The smallest absolute Gasteiger partial charge is 0.251 e. The summed E-state index contributed by atoms with van der Waals surface area (Å²) in [5.74, 6) is 0.0801. The SMILES string of the molecule is CCC(=O)c1c(-c2ccc(F)cc2)oc2ccc(-c3cccc(C(=O)N[C@@H](CO)CC(C)C)c3)cc12. The Hall–Kier alpha value is -3.77. The number of hydrogen-bond acceptors (Lipinski definition) is 4. The van der Waals surface area contributed by atoms with Gasteiger partial charge in [-0.25, -0.2) is 4.39 Å². The Morgan fingerprint density at radius 2 is 1.67 bits per heavy atom. The van der Waals surface area contributed by atoms with Crippen molar-refractivity contribution in [2.24, 2.45) is 5.92 Å². The van der Waals surface area contributed by atoms with Crippen LogP contribution in [0.1, 0.15) is 54.3 Å². The van der Waals surface area contributed by atoms with Crippen molar-refractivity contribution in [3.8, 4) is 22.5 Å². The number of rotatable bonds is 9. The van der Waals surface area contributed by atoms with Crippen molar-refractivity contribution in [2.75, 3.05) is 6.61 Å². The summed E-state index contributed by atoms with van der Waals surface area (Å²) in [5.41, 5.74) is 3.78. The number of amides is 1. The van der Waals surface area contributed by atoms with Crippen LogP contribution in [0.2, 0.25) is 0 Å². The monoisotopic (exact) mass is 487 g/mol. The number of furan rings is 1. The van der Waals surface area contributed by atoms with E-state index in [0.717, 1.165) is 11.1 Å². The molecule has 0 aliphatic heterocycles. The highest BCUT2D eigenvalue weighted by Crippen LogP contribution is 2.37. The van der Waals surface area contributed by atoms with Gasteiger partial charge in [-0.3, -0.25) is 9.59 Å². The maximum atomic E-state index is 13.5. The maximum absolute atomic E-state index is 13.5. The van der Waals surface area contributed by atoms with Gasteiger partial charge in [0.15, 0.2) is 5.78 Å². The molecule has 6 heteroatoms. The molecular weight excluding hydrogens is 457 g/mol. The predicted molar refractivity (Wildman–Crippen MR) is 139 cm³/mol. The fourth-order valence-corrected chi connectivity index (χ4v) is 4.39. The highest BCUT2D eigenvalue weighted by Gasteiger charge is 2.22. The molecule has 3 aromatic carbocycles. The zero-order valence-corrected chi connectivity index (χ0v) is 20.7. The van der Waals surface area contributed by atoms with Crippen LogP contribution in [0.4, 0.5) is 4.39 Å². The van der Waals surface area contributed by atoms with E-state index in [1.165, 1.54) is 12.1 Å². The van der Waals surface area contributed by atoms with Crippen molar-refractivity contribution in [3.63, 3.8) is 0 Å². The molecule has 36 heavy (non-hydrogen) atoms. The molecule has 4 rings (SSSR count). The van der Waals surface area contributed by atoms with Crippen LogP contribution >= 0.6 is 0 Å². The number of nitrogens with one attached hydrogen (secondary N) is 1. The molecule has 0 aliphatic carbocycles. The first-order valence-electron chi connectivity index (χ1n) is 12.2. The third kappa shape index (κ3) is 5.39. The molecule has 0 bridgehead atoms. The molecule has 4 aromatic rings. The van der Waals surface area contributed by atoms with Gasteiger partial charge in [0.2, 0.25) is 0 Å². The highest BCUT2D eigenvalue weighted by atomic mass is 19.1. The molecule has 0 unspecified atom stereocenters. The van der Waals surface area contributed by atoms with Gasteiger partial charge in [0.1, 0.15) is 17.2 Å². The number of benzene rings is 3. The molecule has 0 aliphatic rings. The molecule has 0 saturated carbocycles. The molecule has 1 heterocycles. The number of ketones is 1. The van der Waals surface area contributed by atoms with Gasteiger partial charge < -0.3 is 14.8 Å². The number of Topliss-reactive ketones (excluding diaryl/α,β-unsaturated/α-hetero) is 1. The summed E-state index contributed by atoms with van der Waals surface area (Å²) in [6, 6.07) is 18.4. The van der Waals surface area contributed by atoms with Crippen LogP contribution in [0.3, 0.4) is 0 Å². The van der Waals surface area contributed by atoms with Gasteiger partial charge in [-0.1, -0.05) is 39.0 Å². The minimum Gasteiger partial charge on any atom is -0.455 e. The van der Waals surface area contributed by atoms with Gasteiger partial charge in [0.25, 0.3) is 5.91 Å². The summed E-state index contributed by atoms with van der Waals surface area (Å²) in [4.78, 5) is 25.8. The van der Waals surface area contributed by atoms with Crippen LogP contribution in [0.5, 0.6) is 0 Å². The van der Waals surface area contributed by atoms with E-state index in [2.05, 4.69) is 5.32 Å². The topological polar surface area (TPSA) is 79.5 Å². The minimum atomic E-state index is -0.362. The Kier molecular flexibility index (Phi) is 7.65. The van der Waals surface area contributed by atoms with Gasteiger partial charge in [0, 0.05) is 22.9 Å². The Morgan fingerprint density at radius 3 is 2.33 bits per heavy atom. The van der Waals surface area contributed by atoms with Crippen molar-refractivity contribution in [3.05, 3.63) is 83.7 Å². The average Bonchev–Trinajstić information content (AvgIpc) is 3.26. The Balaban J connectivity index is 1.72. The van der Waals surface area contributed by atoms with Gasteiger partial charge in [-0.15, -0.1) is 0 Å². The third-order valence-corrected chi connectivity index (χ3v) is 6.16. The Bertz CT molecular complexity index is 1390. The third-order valence-electron chi connectivity index (χ3n) is 6.16. The standard InChI is InChI=1S/C30H30FNO4/c1-4-26(34)28-25-16-21(10-13-27(25)36-29(28)19-8-11-23(31)12-9-19)20-6-5-7-22(15-20)30(35)32-24(17-33)14-18(2)3/h5-13,15-16,18,24,33H,4,14,17H2,1-3H3,(H,32,35)/t24-/m1/s1. The highest BCUT2D eigenvalue weighted by molar-refractivity contribution is 6.12. The fourth-order valence-electron chi connectivity index (χ4n) is 4.39. The molecule has 0 spiro atoms. The summed E-state index contributed by atoms with van der Waals surface area (Å²) in [6.45, 7) is 5.76. The lowest BCUT2D eigenvalue weighted by Gasteiger charge is -2.18. The second kappa shape index (κ2) is 10.9. The van der Waals surface area contributed by atoms with Gasteiger partial charge in [0.05, 0.1) is 18.2 Å². The normalized spacial score (nSPS) is 12.2. The lowest BCUT2D eigenvalue weighted by molar-refractivity contribution is 0.0907. The lowest BCUT2D eigenvalue weighted by atomic mass is 9.97. The van der Waals surface area contributed by atoms with Gasteiger partial charge >= 0.3 is 0 Å². The predicted octanol–water partition coefficient (Wildman–Crippen LogP) is 6.64.